The van der Waals surface area contributed by atoms with Gasteiger partial charge in [0.25, 0.3) is 10.1 Å². The van der Waals surface area contributed by atoms with Crippen LogP contribution < -0.4 is 47.9 Å². The van der Waals surface area contributed by atoms with E-state index in [1.54, 1.807) is 24.3 Å². The molecule has 9 aromatic rings. The number of benzene rings is 6. The number of fused-ring (bicyclic) bond motifs is 3. The maximum Gasteiger partial charge on any atom is 0.264 e. The molecule has 15 N–H and O–H groups in total. The number of imidazole rings is 3. The third-order valence-corrected chi connectivity index (χ3v) is 18.3. The van der Waals surface area contributed by atoms with Crippen LogP contribution in [-0.4, -0.2) is 171 Å². The first-order valence-corrected chi connectivity index (χ1v) is 39.1. The summed E-state index contributed by atoms with van der Waals surface area (Å²) in [6, 6.07) is 39.7. The summed E-state index contributed by atoms with van der Waals surface area (Å²) < 4.78 is 48.2. The van der Waals surface area contributed by atoms with Crippen LogP contribution in [0, 0.1) is 5.82 Å². The predicted molar refractivity (Wildman–Crippen MR) is 433 cm³/mol. The number of halogens is 6. The molecule has 0 spiro atoms. The molecule has 0 aliphatic rings. The van der Waals surface area contributed by atoms with E-state index < -0.39 is 27.8 Å². The SMILES string of the molecule is Cn1c(CCNCc2ccc(/C=C/C(N)=O)cc2)nc2cc(N(CCBr)CCBr)ccc21.Cn1c(CCNCc2ccc(/C=C/C(N)=O)cc2)nc2cc(N(CCBr)CCOS(C)(=O)=O)ccc21.Cn1c(CCNCc2ccc(/C=C/C(N)=O)cc2F)nc2cc(N(CCCl)CCCl)ccc21.O.O.O. The van der Waals surface area contributed by atoms with E-state index in [0.29, 0.717) is 55.5 Å². The molecule has 0 radical (unpaired) electrons. The van der Waals surface area contributed by atoms with Crippen molar-refractivity contribution in [2.24, 2.45) is 38.3 Å². The van der Waals surface area contributed by atoms with Crippen LogP contribution in [0.3, 0.4) is 0 Å². The average molecular weight is 1690 g/mol. The molecule has 564 valence electrons. The minimum absolute atomic E-state index is 0. The number of rotatable bonds is 38. The number of carbonyl (C=O) groups is 3. The number of aromatic nitrogens is 6. The Labute approximate surface area is 642 Å². The van der Waals surface area contributed by atoms with Crippen molar-refractivity contribution < 1.29 is 47.8 Å². The van der Waals surface area contributed by atoms with Gasteiger partial charge >= 0.3 is 0 Å². The van der Waals surface area contributed by atoms with Gasteiger partial charge in [0.05, 0.1) is 46.0 Å². The van der Waals surface area contributed by atoms with Crippen molar-refractivity contribution in [1.29, 1.82) is 0 Å². The van der Waals surface area contributed by atoms with Crippen LogP contribution in [0.2, 0.25) is 0 Å². The molecule has 3 heterocycles. The van der Waals surface area contributed by atoms with Gasteiger partial charge in [-0.2, -0.15) is 8.42 Å². The average Bonchev–Trinajstić information content (AvgIpc) is 1.66. The molecule has 0 aliphatic carbocycles. The molecule has 31 heteroatoms. The van der Waals surface area contributed by atoms with Crippen LogP contribution in [0.25, 0.3) is 51.3 Å². The number of carbonyl (C=O) groups excluding carboxylic acids is 3. The second-order valence-electron chi connectivity index (χ2n) is 23.5. The number of primary amides is 3. The Morgan fingerprint density at radius 2 is 0.837 bits per heavy atom. The first-order chi connectivity index (χ1) is 48.6. The zero-order valence-corrected chi connectivity index (χ0v) is 65.8. The highest BCUT2D eigenvalue weighted by atomic mass is 79.9. The topological polar surface area (TPSA) is 366 Å². The third-order valence-electron chi connectivity index (χ3n) is 16.3. The Hall–Kier alpha value is -7.62. The summed E-state index contributed by atoms with van der Waals surface area (Å²) in [7, 11) is 2.62. The van der Waals surface area contributed by atoms with Crippen molar-refractivity contribution in [1.82, 2.24) is 44.6 Å². The molecular weight excluding hydrogens is 1590 g/mol. The van der Waals surface area contributed by atoms with Crippen molar-refractivity contribution >= 4 is 167 Å². The zero-order chi connectivity index (χ0) is 72.8. The normalized spacial score (nSPS) is 11.3. The molecule has 3 aromatic heterocycles. The Bertz CT molecular complexity index is 4380. The minimum atomic E-state index is -3.47. The maximum atomic E-state index is 14.3. The van der Waals surface area contributed by atoms with Crippen LogP contribution in [0.4, 0.5) is 21.5 Å². The highest BCUT2D eigenvalue weighted by Gasteiger charge is 2.17. The van der Waals surface area contributed by atoms with Crippen LogP contribution in [0.15, 0.2) is 140 Å². The maximum absolute atomic E-state index is 14.3. The molecule has 24 nitrogen and oxygen atoms in total. The number of nitrogens with zero attached hydrogens (tertiary/aromatic N) is 9. The quantitative estimate of drug-likeness (QED) is 0.00925. The van der Waals surface area contributed by atoms with E-state index in [9.17, 15) is 27.2 Å². The minimum Gasteiger partial charge on any atom is -0.412 e. The lowest BCUT2D eigenvalue weighted by molar-refractivity contribution is -0.114. The summed E-state index contributed by atoms with van der Waals surface area (Å²) in [6.45, 7) is 8.79. The molecule has 0 unspecified atom stereocenters. The molecule has 0 saturated heterocycles. The predicted octanol–water partition coefficient (Wildman–Crippen LogP) is 7.94. The van der Waals surface area contributed by atoms with E-state index in [4.69, 9.17) is 59.5 Å². The number of amides is 3. The number of alkyl halides is 5. The molecule has 0 fully saturated rings. The van der Waals surface area contributed by atoms with Gasteiger partial charge < -0.3 is 78.0 Å². The Morgan fingerprint density at radius 3 is 1.17 bits per heavy atom. The van der Waals surface area contributed by atoms with E-state index in [1.165, 1.54) is 41.6 Å². The monoisotopic (exact) mass is 1680 g/mol. The van der Waals surface area contributed by atoms with Gasteiger partial charge in [-0.15, -0.1) is 23.2 Å². The van der Waals surface area contributed by atoms with Crippen LogP contribution in [0.5, 0.6) is 0 Å². The lowest BCUT2D eigenvalue weighted by atomic mass is 10.1. The summed E-state index contributed by atoms with van der Waals surface area (Å²) in [4.78, 5) is 53.6. The van der Waals surface area contributed by atoms with Crippen LogP contribution in [0.1, 0.15) is 50.9 Å². The van der Waals surface area contributed by atoms with Crippen molar-refractivity contribution in [3.05, 3.63) is 196 Å². The molecular formula is C73H95Br3Cl2FN15O9S. The van der Waals surface area contributed by atoms with Gasteiger partial charge in [-0.25, -0.2) is 19.3 Å². The summed E-state index contributed by atoms with van der Waals surface area (Å²) in [5.74, 6) is 2.26. The van der Waals surface area contributed by atoms with Gasteiger partial charge in [0.1, 0.15) is 23.3 Å². The third kappa shape index (κ3) is 28.3. The summed E-state index contributed by atoms with van der Waals surface area (Å²) in [6.07, 6.45) is 12.2. The summed E-state index contributed by atoms with van der Waals surface area (Å²) in [5.41, 5.74) is 30.0. The number of hydrogen-bond acceptors (Lipinski definition) is 15. The lowest BCUT2D eigenvalue weighted by Gasteiger charge is -2.23. The Balaban J connectivity index is 0.000000326. The Morgan fingerprint density at radius 1 is 0.500 bits per heavy atom. The number of aryl methyl sites for hydroxylation is 3. The van der Waals surface area contributed by atoms with Crippen molar-refractivity contribution in [3.63, 3.8) is 0 Å². The van der Waals surface area contributed by atoms with E-state index in [1.807, 2.05) is 68.7 Å². The second-order valence-corrected chi connectivity index (χ2v) is 28.3. The molecule has 3 amide bonds. The number of anilines is 3. The van der Waals surface area contributed by atoms with E-state index >= 15 is 0 Å². The molecule has 9 rings (SSSR count). The summed E-state index contributed by atoms with van der Waals surface area (Å²) >= 11 is 22.4. The fourth-order valence-electron chi connectivity index (χ4n) is 11.0. The zero-order valence-electron chi connectivity index (χ0n) is 58.7. The van der Waals surface area contributed by atoms with Crippen LogP contribution in [-0.2, 0) is 88.7 Å². The molecule has 0 saturated carbocycles. The molecule has 104 heavy (non-hydrogen) atoms. The first kappa shape index (κ1) is 88.8. The van der Waals surface area contributed by atoms with Gasteiger partial charge in [0, 0.05) is 188 Å². The number of nitrogens with one attached hydrogen (secondary N) is 3. The fourth-order valence-corrected chi connectivity index (χ4v) is 13.1. The molecule has 0 aliphatic heterocycles. The fraction of sp³-hybridized carbons (Fsp3) is 0.342. The lowest BCUT2D eigenvalue weighted by Crippen LogP contribution is -2.29. The first-order valence-electron chi connectivity index (χ1n) is 32.9. The molecule has 0 bridgehead atoms. The summed E-state index contributed by atoms with van der Waals surface area (Å²) in [5, 5.41) is 12.8. The highest BCUT2D eigenvalue weighted by molar-refractivity contribution is 9.09. The Kier molecular flexibility index (Phi) is 39.0. The van der Waals surface area contributed by atoms with Crippen molar-refractivity contribution in [2.75, 3.05) is 114 Å². The second kappa shape index (κ2) is 45.7. The van der Waals surface area contributed by atoms with E-state index in [2.05, 4.69) is 148 Å². The van der Waals surface area contributed by atoms with Gasteiger partial charge in [0.15, 0.2) is 0 Å². The van der Waals surface area contributed by atoms with Gasteiger partial charge in [-0.1, -0.05) is 108 Å². The molecule has 0 atom stereocenters. The highest BCUT2D eigenvalue weighted by Crippen LogP contribution is 2.27. The van der Waals surface area contributed by atoms with E-state index in [0.717, 1.165) is 166 Å². The molecule has 6 aromatic carbocycles. The number of hydrogen-bond donors (Lipinski definition) is 6. The number of nitrogens with two attached hydrogens (primary N) is 3. The van der Waals surface area contributed by atoms with Gasteiger partial charge in [-0.05, 0) is 107 Å². The largest absolute Gasteiger partial charge is 0.412 e. The van der Waals surface area contributed by atoms with Crippen molar-refractivity contribution in [2.45, 2.75) is 38.9 Å². The smallest absolute Gasteiger partial charge is 0.264 e. The standard InChI is InChI=1S/C25H32BrN5O4S.C24H29Br2N5O.C24H28Cl2FN5O.3H2O/c1-30-23-9-8-21(31(14-12-26)15-16-35-36(2,33)34)17-22(23)29-25(30)11-13-28-18-20-5-3-19(4-6-20)7-10-24(27)32;1-30-22-8-7-20(31(14-11-25)15-12-26)16-21(22)29-24(30)10-13-28-17-19-4-2-18(3-5-19)6-9-23(27)32;1-31-22-6-5-19(32(12-9-25)13-10-26)15-21(22)30-24(31)8-11-29-16-18-4-2-17(14-20(18)27)3-7-23(28)33;;;/h3-10,17,28H,11-16,18H2,1-2H3,(H2,27,32);2-9,16,28H,10-15,17H2,1H3,(H2,27,32);2-7,14-15,29H,8-13,16H2,1H3,(H2,28,33);3*1H2/b10-7+;9-6+;7-3+;;;. The van der Waals surface area contributed by atoms with Gasteiger partial charge in [-0.3, -0.25) is 18.6 Å². The van der Waals surface area contributed by atoms with Gasteiger partial charge in [0.2, 0.25) is 17.7 Å². The van der Waals surface area contributed by atoms with Crippen molar-refractivity contribution in [3.8, 4) is 0 Å². The van der Waals surface area contributed by atoms with E-state index in [-0.39, 0.29) is 28.9 Å². The van der Waals surface area contributed by atoms with Crippen LogP contribution >= 0.6 is 71.0 Å².